The molecule has 2 aromatic carbocycles. The van der Waals surface area contributed by atoms with Gasteiger partial charge in [-0.25, -0.2) is 9.07 Å². The molecule has 1 amide bonds. The standard InChI is InChI=1S/C23H22FN3O3/c24-15-9-11-16(12-10-15)27-19-6-2-1-5-18(19)22(26-27)23(28)25-13-17-14-29-20-7-3-4-8-21(20)30-17/h3-4,7-12,17H,1-2,5-6,13-14H2,(H,25,28)/t17-/m0/s1. The minimum Gasteiger partial charge on any atom is -0.486 e. The minimum absolute atomic E-state index is 0.225. The Balaban J connectivity index is 1.34. The van der Waals surface area contributed by atoms with E-state index in [1.807, 2.05) is 24.3 Å². The van der Waals surface area contributed by atoms with Gasteiger partial charge in [0.15, 0.2) is 17.2 Å². The first-order valence-corrected chi connectivity index (χ1v) is 10.2. The van der Waals surface area contributed by atoms with Crippen LogP contribution in [0.1, 0.15) is 34.6 Å². The molecule has 1 aromatic heterocycles. The molecule has 0 saturated carbocycles. The van der Waals surface area contributed by atoms with Gasteiger partial charge < -0.3 is 14.8 Å². The molecule has 7 heteroatoms. The van der Waals surface area contributed by atoms with Crippen LogP contribution in [0.3, 0.4) is 0 Å². The molecule has 1 atom stereocenters. The summed E-state index contributed by atoms with van der Waals surface area (Å²) in [5, 5.41) is 7.55. The quantitative estimate of drug-likeness (QED) is 0.719. The Bertz CT molecular complexity index is 1080. The fraction of sp³-hybridized carbons (Fsp3) is 0.304. The van der Waals surface area contributed by atoms with Crippen LogP contribution in [-0.2, 0) is 12.8 Å². The van der Waals surface area contributed by atoms with E-state index in [4.69, 9.17) is 9.47 Å². The highest BCUT2D eigenvalue weighted by molar-refractivity contribution is 5.94. The van der Waals surface area contributed by atoms with E-state index in [2.05, 4.69) is 10.4 Å². The van der Waals surface area contributed by atoms with E-state index in [1.54, 1.807) is 16.8 Å². The van der Waals surface area contributed by atoms with Crippen LogP contribution in [0.5, 0.6) is 11.5 Å². The SMILES string of the molecule is O=C(NC[C@H]1COc2ccccc2O1)c1nn(-c2ccc(F)cc2)c2c1CCCC2. The normalized spacial score (nSPS) is 17.3. The number of hydrogen-bond acceptors (Lipinski definition) is 4. The Morgan fingerprint density at radius 3 is 2.70 bits per heavy atom. The van der Waals surface area contributed by atoms with Gasteiger partial charge in [-0.05, 0) is 62.1 Å². The van der Waals surface area contributed by atoms with Gasteiger partial charge in [0.05, 0.1) is 12.2 Å². The second-order valence-electron chi connectivity index (χ2n) is 7.58. The highest BCUT2D eigenvalue weighted by Gasteiger charge is 2.27. The summed E-state index contributed by atoms with van der Waals surface area (Å²) in [6, 6.07) is 13.7. The van der Waals surface area contributed by atoms with Crippen molar-refractivity contribution in [2.45, 2.75) is 31.8 Å². The number of halogens is 1. The molecule has 0 fully saturated rings. The number of carbonyl (C=O) groups excluding carboxylic acids is 1. The molecule has 3 aromatic rings. The largest absolute Gasteiger partial charge is 0.486 e. The van der Waals surface area contributed by atoms with Crippen molar-refractivity contribution in [2.24, 2.45) is 0 Å². The molecule has 0 radical (unpaired) electrons. The first kappa shape index (κ1) is 18.7. The van der Waals surface area contributed by atoms with E-state index in [0.717, 1.165) is 42.6 Å². The van der Waals surface area contributed by atoms with Gasteiger partial charge in [0, 0.05) is 11.3 Å². The topological polar surface area (TPSA) is 65.4 Å². The maximum absolute atomic E-state index is 13.3. The Hall–Kier alpha value is -3.35. The number of nitrogens with one attached hydrogen (secondary N) is 1. The number of ether oxygens (including phenoxy) is 2. The van der Waals surface area contributed by atoms with Crippen molar-refractivity contribution in [3.63, 3.8) is 0 Å². The third-order valence-electron chi connectivity index (χ3n) is 5.52. The number of fused-ring (bicyclic) bond motifs is 2. The van der Waals surface area contributed by atoms with Crippen molar-refractivity contribution in [3.8, 4) is 17.2 Å². The summed E-state index contributed by atoms with van der Waals surface area (Å²) in [4.78, 5) is 13.0. The summed E-state index contributed by atoms with van der Waals surface area (Å²) in [6.45, 7) is 0.699. The molecular weight excluding hydrogens is 385 g/mol. The summed E-state index contributed by atoms with van der Waals surface area (Å²) >= 11 is 0. The molecule has 1 aliphatic heterocycles. The highest BCUT2D eigenvalue weighted by atomic mass is 19.1. The Morgan fingerprint density at radius 2 is 1.87 bits per heavy atom. The lowest BCUT2D eigenvalue weighted by Gasteiger charge is -2.26. The predicted octanol–water partition coefficient (Wildman–Crippen LogP) is 3.46. The van der Waals surface area contributed by atoms with Crippen LogP contribution in [-0.4, -0.2) is 34.9 Å². The second-order valence-corrected chi connectivity index (χ2v) is 7.58. The van der Waals surface area contributed by atoms with E-state index in [-0.39, 0.29) is 17.8 Å². The van der Waals surface area contributed by atoms with E-state index in [0.29, 0.717) is 30.3 Å². The monoisotopic (exact) mass is 407 g/mol. The van der Waals surface area contributed by atoms with E-state index in [1.165, 1.54) is 12.1 Å². The van der Waals surface area contributed by atoms with E-state index < -0.39 is 0 Å². The molecule has 0 bridgehead atoms. The van der Waals surface area contributed by atoms with Crippen molar-refractivity contribution in [3.05, 3.63) is 71.3 Å². The Kier molecular flexibility index (Phi) is 4.86. The average Bonchev–Trinajstić information content (AvgIpc) is 3.18. The number of nitrogens with zero attached hydrogens (tertiary/aromatic N) is 2. The van der Waals surface area contributed by atoms with Crippen molar-refractivity contribution in [1.29, 1.82) is 0 Å². The maximum Gasteiger partial charge on any atom is 0.272 e. The first-order chi connectivity index (χ1) is 14.7. The lowest BCUT2D eigenvalue weighted by molar-refractivity contribution is 0.0785. The molecule has 0 unspecified atom stereocenters. The predicted molar refractivity (Wildman–Crippen MR) is 109 cm³/mol. The number of aromatic nitrogens is 2. The number of hydrogen-bond donors (Lipinski definition) is 1. The number of amides is 1. The molecule has 2 aliphatic rings. The van der Waals surface area contributed by atoms with Gasteiger partial charge in [-0.15, -0.1) is 0 Å². The van der Waals surface area contributed by atoms with Crippen LogP contribution in [0.2, 0.25) is 0 Å². The van der Waals surface area contributed by atoms with Gasteiger partial charge in [0.2, 0.25) is 0 Å². The van der Waals surface area contributed by atoms with Crippen molar-refractivity contribution in [1.82, 2.24) is 15.1 Å². The zero-order valence-corrected chi connectivity index (χ0v) is 16.4. The summed E-state index contributed by atoms with van der Waals surface area (Å²) in [5.41, 5.74) is 3.21. The van der Waals surface area contributed by atoms with Gasteiger partial charge in [0.25, 0.3) is 5.91 Å². The third kappa shape index (κ3) is 3.51. The zero-order chi connectivity index (χ0) is 20.5. The molecule has 0 spiro atoms. The smallest absolute Gasteiger partial charge is 0.272 e. The minimum atomic E-state index is -0.297. The number of carbonyl (C=O) groups is 1. The Morgan fingerprint density at radius 1 is 1.10 bits per heavy atom. The fourth-order valence-corrected chi connectivity index (χ4v) is 4.03. The van der Waals surface area contributed by atoms with Gasteiger partial charge in [-0.2, -0.15) is 5.10 Å². The molecular formula is C23H22FN3O3. The van der Waals surface area contributed by atoms with E-state index >= 15 is 0 Å². The molecule has 5 rings (SSSR count). The molecule has 6 nitrogen and oxygen atoms in total. The third-order valence-corrected chi connectivity index (χ3v) is 5.52. The summed E-state index contributed by atoms with van der Waals surface area (Å²) in [6.07, 6.45) is 3.48. The van der Waals surface area contributed by atoms with Crippen LogP contribution < -0.4 is 14.8 Å². The number of para-hydroxylation sites is 2. The van der Waals surface area contributed by atoms with Gasteiger partial charge in [-0.3, -0.25) is 4.79 Å². The number of rotatable bonds is 4. The van der Waals surface area contributed by atoms with Crippen molar-refractivity contribution >= 4 is 5.91 Å². The number of benzene rings is 2. The van der Waals surface area contributed by atoms with Crippen LogP contribution >= 0.6 is 0 Å². The molecule has 2 heterocycles. The molecule has 30 heavy (non-hydrogen) atoms. The van der Waals surface area contributed by atoms with Crippen molar-refractivity contribution < 1.29 is 18.7 Å². The molecule has 154 valence electrons. The second kappa shape index (κ2) is 7.82. The molecule has 1 N–H and O–H groups in total. The Labute approximate surface area is 173 Å². The fourth-order valence-electron chi connectivity index (χ4n) is 4.03. The summed E-state index contributed by atoms with van der Waals surface area (Å²) < 4.78 is 26.7. The van der Waals surface area contributed by atoms with Crippen LogP contribution in [0.4, 0.5) is 4.39 Å². The van der Waals surface area contributed by atoms with Crippen LogP contribution in [0, 0.1) is 5.82 Å². The average molecular weight is 407 g/mol. The van der Waals surface area contributed by atoms with Crippen LogP contribution in [0.25, 0.3) is 5.69 Å². The van der Waals surface area contributed by atoms with Gasteiger partial charge >= 0.3 is 0 Å². The summed E-state index contributed by atoms with van der Waals surface area (Å²) in [5.74, 6) is 0.874. The molecule has 1 aliphatic carbocycles. The first-order valence-electron chi connectivity index (χ1n) is 10.2. The van der Waals surface area contributed by atoms with Gasteiger partial charge in [-0.1, -0.05) is 12.1 Å². The lowest BCUT2D eigenvalue weighted by atomic mass is 9.95. The maximum atomic E-state index is 13.3. The van der Waals surface area contributed by atoms with Gasteiger partial charge in [0.1, 0.15) is 18.5 Å². The lowest BCUT2D eigenvalue weighted by Crippen LogP contribution is -2.41. The highest BCUT2D eigenvalue weighted by Crippen LogP contribution is 2.31. The van der Waals surface area contributed by atoms with Crippen molar-refractivity contribution in [2.75, 3.05) is 13.2 Å². The molecule has 0 saturated heterocycles. The zero-order valence-electron chi connectivity index (χ0n) is 16.4. The van der Waals surface area contributed by atoms with Crippen LogP contribution in [0.15, 0.2) is 48.5 Å². The van der Waals surface area contributed by atoms with E-state index in [9.17, 15) is 9.18 Å². The summed E-state index contributed by atoms with van der Waals surface area (Å²) in [7, 11) is 0.